The monoisotopic (exact) mass is 706 g/mol. The molecule has 1 saturated carbocycles. The van der Waals surface area contributed by atoms with E-state index in [1.165, 1.54) is 11.3 Å². The van der Waals surface area contributed by atoms with Crippen LogP contribution in [0.5, 0.6) is 0 Å². The maximum atomic E-state index is 14.1. The normalized spacial score (nSPS) is 24.8. The van der Waals surface area contributed by atoms with E-state index in [9.17, 15) is 19.8 Å². The van der Waals surface area contributed by atoms with Crippen molar-refractivity contribution in [2.75, 3.05) is 39.3 Å². The number of likely N-dealkylation sites (tertiary alicyclic amines) is 1. The quantitative estimate of drug-likeness (QED) is 0.248. The molecule has 4 heterocycles. The number of hydrogen-bond acceptors (Lipinski definition) is 10. The highest BCUT2D eigenvalue weighted by Crippen LogP contribution is 2.33. The number of carbonyl (C=O) groups is 2. The van der Waals surface area contributed by atoms with Gasteiger partial charge in [-0.3, -0.25) is 14.5 Å². The summed E-state index contributed by atoms with van der Waals surface area (Å²) < 4.78 is 5.78. The Bertz CT molecular complexity index is 1570. The Kier molecular flexibility index (Phi) is 12.1. The summed E-state index contributed by atoms with van der Waals surface area (Å²) in [6, 6.07) is 9.25. The lowest BCUT2D eigenvalue weighted by Crippen LogP contribution is -2.54. The number of thiazole rings is 1. The average Bonchev–Trinajstić information content (AvgIpc) is 3.85. The zero-order valence-corrected chi connectivity index (χ0v) is 30.8. The number of hydrogen-bond donors (Lipinski definition) is 3. The maximum absolute atomic E-state index is 14.1. The van der Waals surface area contributed by atoms with E-state index in [-0.39, 0.29) is 42.8 Å². The van der Waals surface area contributed by atoms with Crippen LogP contribution in [-0.2, 0) is 16.0 Å². The summed E-state index contributed by atoms with van der Waals surface area (Å²) in [7, 11) is 0. The van der Waals surface area contributed by atoms with Crippen molar-refractivity contribution in [1.29, 1.82) is 0 Å². The van der Waals surface area contributed by atoms with Crippen LogP contribution in [0.25, 0.3) is 10.4 Å². The highest BCUT2D eigenvalue weighted by Gasteiger charge is 2.43. The number of rotatable bonds is 12. The van der Waals surface area contributed by atoms with Gasteiger partial charge in [-0.15, -0.1) is 11.3 Å². The maximum Gasteiger partial charge on any atom is 0.243 e. The van der Waals surface area contributed by atoms with Crippen LogP contribution < -0.4 is 5.32 Å². The van der Waals surface area contributed by atoms with E-state index in [0.29, 0.717) is 11.8 Å². The standard InChI is InChI=1S/C38H54N6O5S/c1-24(2)35(34-20-29(41-49-34)8-7-15-42-16-18-43(19-17-42)31-9-5-6-10-33(31)46)38(48)44-22-30(45)21-32(44)37(47)40-25(3)27-11-13-28(14-12-27)36-26(4)39-23-50-36/h11-14,20,23-25,30-33,35,45-46H,5-10,15-19,21-22H2,1-4H3,(H,40,47)/t25-,30+,31?,32-,33?,35?/m0/s1. The number of benzene rings is 1. The molecule has 1 aliphatic carbocycles. The second-order valence-electron chi connectivity index (χ2n) is 14.9. The van der Waals surface area contributed by atoms with Crippen LogP contribution in [0.15, 0.2) is 40.4 Å². The van der Waals surface area contributed by atoms with Crippen molar-refractivity contribution in [3.05, 3.63) is 58.6 Å². The lowest BCUT2D eigenvalue weighted by molar-refractivity contribution is -0.141. The number of piperazine rings is 1. The van der Waals surface area contributed by atoms with Gasteiger partial charge in [0.1, 0.15) is 17.7 Å². The molecule has 0 bridgehead atoms. The molecule has 0 spiro atoms. The molecular formula is C38H54N6O5S. The van der Waals surface area contributed by atoms with E-state index in [4.69, 9.17) is 4.52 Å². The summed E-state index contributed by atoms with van der Waals surface area (Å²) in [4.78, 5) is 39.7. The summed E-state index contributed by atoms with van der Waals surface area (Å²) in [5.74, 6) is -0.702. The first-order valence-electron chi connectivity index (χ1n) is 18.5. The number of β-amino-alcohol motifs (C(OH)–C–C–N with tert-alkyl or cyclic N) is 1. The number of nitrogens with zero attached hydrogens (tertiary/aromatic N) is 5. The van der Waals surface area contributed by atoms with Gasteiger partial charge in [-0.25, -0.2) is 4.98 Å². The molecule has 3 unspecified atom stereocenters. The second kappa shape index (κ2) is 16.5. The lowest BCUT2D eigenvalue weighted by Gasteiger charge is -2.42. The van der Waals surface area contributed by atoms with Crippen molar-refractivity contribution in [3.63, 3.8) is 0 Å². The van der Waals surface area contributed by atoms with E-state index < -0.39 is 18.1 Å². The third-order valence-corrected chi connectivity index (χ3v) is 11.9. The summed E-state index contributed by atoms with van der Waals surface area (Å²) in [5, 5.41) is 28.5. The van der Waals surface area contributed by atoms with Crippen LogP contribution in [0.2, 0.25) is 0 Å². The van der Waals surface area contributed by atoms with E-state index >= 15 is 0 Å². The number of aliphatic hydroxyl groups is 2. The summed E-state index contributed by atoms with van der Waals surface area (Å²) in [6.45, 7) is 12.9. The average molecular weight is 707 g/mol. The molecule has 3 fully saturated rings. The zero-order chi connectivity index (χ0) is 35.4. The Morgan fingerprint density at radius 3 is 2.48 bits per heavy atom. The Morgan fingerprint density at radius 1 is 1.06 bits per heavy atom. The Hall–Kier alpha value is -3.16. The molecule has 3 aromatic rings. The molecule has 2 amide bonds. The van der Waals surface area contributed by atoms with Crippen LogP contribution in [0, 0.1) is 12.8 Å². The molecule has 50 heavy (non-hydrogen) atoms. The fourth-order valence-electron chi connectivity index (χ4n) is 8.03. The molecule has 0 radical (unpaired) electrons. The number of amides is 2. The van der Waals surface area contributed by atoms with Crippen LogP contribution in [0.3, 0.4) is 0 Å². The van der Waals surface area contributed by atoms with Crippen molar-refractivity contribution in [1.82, 2.24) is 30.2 Å². The molecule has 11 nitrogen and oxygen atoms in total. The SMILES string of the molecule is Cc1ncsc1-c1ccc([C@H](C)NC(=O)[C@@H]2C[C@@H](O)CN2C(=O)C(c2cc(CCCN3CCN(C4CCCCC4O)CC3)no2)C(C)C)cc1. The Balaban J connectivity index is 1.02. The predicted molar refractivity (Wildman–Crippen MR) is 194 cm³/mol. The van der Waals surface area contributed by atoms with E-state index in [0.717, 1.165) is 92.2 Å². The second-order valence-corrected chi connectivity index (χ2v) is 15.7. The van der Waals surface area contributed by atoms with Crippen molar-refractivity contribution >= 4 is 23.2 Å². The van der Waals surface area contributed by atoms with Crippen molar-refractivity contribution in [3.8, 4) is 10.4 Å². The van der Waals surface area contributed by atoms with Gasteiger partial charge < -0.3 is 29.9 Å². The summed E-state index contributed by atoms with van der Waals surface area (Å²) >= 11 is 1.60. The van der Waals surface area contributed by atoms with Gasteiger partial charge in [-0.1, -0.05) is 56.1 Å². The van der Waals surface area contributed by atoms with Crippen LogP contribution >= 0.6 is 11.3 Å². The molecule has 3 N–H and O–H groups in total. The third-order valence-electron chi connectivity index (χ3n) is 10.9. The van der Waals surface area contributed by atoms with Crippen molar-refractivity contribution < 1.29 is 24.3 Å². The van der Waals surface area contributed by atoms with Gasteiger partial charge in [0.15, 0.2) is 0 Å². The van der Waals surface area contributed by atoms with Gasteiger partial charge in [0, 0.05) is 51.3 Å². The molecular weight excluding hydrogens is 653 g/mol. The molecule has 272 valence electrons. The molecule has 2 saturated heterocycles. The van der Waals surface area contributed by atoms with Crippen molar-refractivity contribution in [2.45, 2.75) is 109 Å². The first-order valence-corrected chi connectivity index (χ1v) is 19.4. The van der Waals surface area contributed by atoms with E-state index in [1.807, 2.05) is 63.5 Å². The van der Waals surface area contributed by atoms with Crippen LogP contribution in [0.4, 0.5) is 0 Å². The van der Waals surface area contributed by atoms with Gasteiger partial charge in [0.2, 0.25) is 11.8 Å². The van der Waals surface area contributed by atoms with E-state index in [1.54, 1.807) is 11.3 Å². The Labute approximate surface area is 300 Å². The van der Waals surface area contributed by atoms with Gasteiger partial charge in [-0.2, -0.15) is 0 Å². The predicted octanol–water partition coefficient (Wildman–Crippen LogP) is 4.54. The lowest BCUT2D eigenvalue weighted by atomic mass is 9.91. The number of aryl methyl sites for hydroxylation is 2. The fraction of sp³-hybridized carbons (Fsp3) is 0.632. The third kappa shape index (κ3) is 8.48. The van der Waals surface area contributed by atoms with Gasteiger partial charge in [0.25, 0.3) is 0 Å². The minimum Gasteiger partial charge on any atom is -0.391 e. The van der Waals surface area contributed by atoms with Gasteiger partial charge in [-0.05, 0) is 63.1 Å². The number of aromatic nitrogens is 2. The molecule has 2 aliphatic heterocycles. The minimum atomic E-state index is -0.778. The summed E-state index contributed by atoms with van der Waals surface area (Å²) in [5.41, 5.74) is 5.70. The van der Waals surface area contributed by atoms with E-state index in [2.05, 4.69) is 25.3 Å². The number of carbonyl (C=O) groups excluding carboxylic acids is 2. The van der Waals surface area contributed by atoms with Crippen LogP contribution in [-0.4, -0.2) is 110 Å². The fourth-order valence-corrected chi connectivity index (χ4v) is 8.84. The van der Waals surface area contributed by atoms with Gasteiger partial charge in [0.05, 0.1) is 40.0 Å². The highest BCUT2D eigenvalue weighted by atomic mass is 32.1. The topological polar surface area (TPSA) is 135 Å². The molecule has 2 aromatic heterocycles. The Morgan fingerprint density at radius 2 is 1.80 bits per heavy atom. The van der Waals surface area contributed by atoms with Gasteiger partial charge >= 0.3 is 0 Å². The summed E-state index contributed by atoms with van der Waals surface area (Å²) in [6.07, 6.45) is 5.29. The first-order chi connectivity index (χ1) is 24.1. The number of nitrogens with one attached hydrogen (secondary N) is 1. The first kappa shape index (κ1) is 36.6. The molecule has 6 atom stereocenters. The molecule has 3 aliphatic rings. The number of aliphatic hydroxyl groups excluding tert-OH is 2. The minimum absolute atomic E-state index is 0.0941. The smallest absolute Gasteiger partial charge is 0.243 e. The van der Waals surface area contributed by atoms with Crippen LogP contribution in [0.1, 0.15) is 94.0 Å². The molecule has 12 heteroatoms. The largest absolute Gasteiger partial charge is 0.391 e. The zero-order valence-electron chi connectivity index (χ0n) is 30.0. The highest BCUT2D eigenvalue weighted by molar-refractivity contribution is 7.13. The molecule has 1 aromatic carbocycles. The molecule has 6 rings (SSSR count). The van der Waals surface area contributed by atoms with Crippen molar-refractivity contribution in [2.24, 2.45) is 5.92 Å².